The molecule has 5 N–H and O–H groups in total. The lowest BCUT2D eigenvalue weighted by Crippen LogP contribution is -2.29. The lowest BCUT2D eigenvalue weighted by Gasteiger charge is -2.20. The molecule has 0 aromatic rings. The topological polar surface area (TPSA) is 175 Å². The van der Waals surface area contributed by atoms with Gasteiger partial charge in [0.15, 0.2) is 6.10 Å². The molecule has 0 spiro atoms. The normalized spacial score (nSPS) is 14.9. The first-order valence-corrected chi connectivity index (χ1v) is 22.8. The average molecular weight is 800 g/mol. The van der Waals surface area contributed by atoms with Crippen molar-refractivity contribution < 1.29 is 47.8 Å². The van der Waals surface area contributed by atoms with Crippen molar-refractivity contribution in [3.8, 4) is 0 Å². The summed E-state index contributed by atoms with van der Waals surface area (Å²) in [6, 6.07) is 0. The Hall–Kier alpha value is -2.11. The van der Waals surface area contributed by atoms with Gasteiger partial charge >= 0.3 is 19.8 Å². The van der Waals surface area contributed by atoms with E-state index in [1.807, 2.05) is 6.08 Å². The second-order valence-corrected chi connectivity index (χ2v) is 15.6. The molecular weight excluding hydrogens is 721 g/mol. The molecule has 0 heterocycles. The van der Waals surface area contributed by atoms with E-state index in [-0.39, 0.29) is 32.6 Å². The Bertz CT molecular complexity index is 1080. The summed E-state index contributed by atoms with van der Waals surface area (Å²) in [5.41, 5.74) is 5.33. The Morgan fingerprint density at radius 3 is 1.73 bits per heavy atom. The van der Waals surface area contributed by atoms with Gasteiger partial charge in [0.05, 0.1) is 25.4 Å². The van der Waals surface area contributed by atoms with E-state index in [0.29, 0.717) is 25.7 Å². The zero-order chi connectivity index (χ0) is 40.7. The molecule has 0 saturated heterocycles. The van der Waals surface area contributed by atoms with Crippen molar-refractivity contribution in [2.24, 2.45) is 5.73 Å². The maximum Gasteiger partial charge on any atom is 0.472 e. The van der Waals surface area contributed by atoms with Crippen LogP contribution in [0.25, 0.3) is 0 Å². The van der Waals surface area contributed by atoms with Crippen LogP contribution >= 0.6 is 7.82 Å². The highest BCUT2D eigenvalue weighted by molar-refractivity contribution is 7.47. The van der Waals surface area contributed by atoms with Gasteiger partial charge in [0.2, 0.25) is 0 Å². The number of phosphoric ester groups is 1. The van der Waals surface area contributed by atoms with Crippen molar-refractivity contribution in [1.29, 1.82) is 0 Å². The molecule has 0 aromatic heterocycles. The summed E-state index contributed by atoms with van der Waals surface area (Å²) < 4.78 is 32.6. The molecule has 4 atom stereocenters. The van der Waals surface area contributed by atoms with Gasteiger partial charge in [-0.3, -0.25) is 18.6 Å². The van der Waals surface area contributed by atoms with Gasteiger partial charge in [-0.2, -0.15) is 0 Å². The van der Waals surface area contributed by atoms with E-state index in [1.54, 1.807) is 0 Å². The number of hydrogen-bond acceptors (Lipinski definition) is 10. The van der Waals surface area contributed by atoms with Crippen molar-refractivity contribution in [1.82, 2.24) is 0 Å². The number of carbonyl (C=O) groups excluding carboxylic acids is 2. The number of aliphatic hydroxyl groups excluding tert-OH is 2. The van der Waals surface area contributed by atoms with Gasteiger partial charge in [-0.25, -0.2) is 4.57 Å². The highest BCUT2D eigenvalue weighted by Crippen LogP contribution is 2.43. The average Bonchev–Trinajstić information content (AvgIpc) is 3.17. The van der Waals surface area contributed by atoms with Crippen molar-refractivity contribution in [2.75, 3.05) is 26.4 Å². The number of nitrogens with two attached hydrogens (primary N) is 1. The second kappa shape index (κ2) is 38.7. The van der Waals surface area contributed by atoms with Gasteiger partial charge in [-0.1, -0.05) is 127 Å². The second-order valence-electron chi connectivity index (χ2n) is 14.2. The van der Waals surface area contributed by atoms with Crippen molar-refractivity contribution in [3.63, 3.8) is 0 Å². The van der Waals surface area contributed by atoms with E-state index in [0.717, 1.165) is 77.0 Å². The fourth-order valence-corrected chi connectivity index (χ4v) is 6.31. The van der Waals surface area contributed by atoms with Gasteiger partial charge in [-0.15, -0.1) is 0 Å². The minimum atomic E-state index is -4.42. The molecule has 0 aliphatic carbocycles. The number of allylic oxidation sites excluding steroid dienone is 7. The number of phosphoric acid groups is 1. The standard InChI is InChI=1S/C43H78NO10P/c1-3-5-7-9-11-12-13-14-15-16-17-18-19-20-21-25-29-33-42(47)51-37-39(38-53-55(49,50)52-36-35-44)54-43(48)34-30-26-22-24-28-32-41(46)40(45)31-27-23-10-8-6-4-2/h11-12,14-15,17-18,23,27,39-41,45-46H,3-10,13,16,19-22,24-26,28-38,44H2,1-2H3,(H,49,50)/b12-11-,15-14-,18-17-,27-23-/t39-,40+,41+/m1/s1. The van der Waals surface area contributed by atoms with Crippen LogP contribution in [-0.4, -0.2) is 71.7 Å². The van der Waals surface area contributed by atoms with Crippen LogP contribution in [0.3, 0.4) is 0 Å². The Morgan fingerprint density at radius 2 is 1.13 bits per heavy atom. The summed E-state index contributed by atoms with van der Waals surface area (Å²) in [6.07, 6.45) is 35.9. The van der Waals surface area contributed by atoms with Crippen LogP contribution in [0.2, 0.25) is 0 Å². The summed E-state index contributed by atoms with van der Waals surface area (Å²) in [6.45, 7) is 3.43. The van der Waals surface area contributed by atoms with E-state index >= 15 is 0 Å². The number of rotatable bonds is 39. The van der Waals surface area contributed by atoms with Crippen LogP contribution in [0.4, 0.5) is 0 Å². The molecule has 0 bridgehead atoms. The largest absolute Gasteiger partial charge is 0.472 e. The summed E-state index contributed by atoms with van der Waals surface area (Å²) in [5, 5.41) is 20.4. The Morgan fingerprint density at radius 1 is 0.618 bits per heavy atom. The molecule has 0 aliphatic heterocycles. The van der Waals surface area contributed by atoms with Gasteiger partial charge < -0.3 is 30.3 Å². The summed E-state index contributed by atoms with van der Waals surface area (Å²) in [5.74, 6) is -0.969. The van der Waals surface area contributed by atoms with Crippen molar-refractivity contribution >= 4 is 19.8 Å². The number of carbonyl (C=O) groups is 2. The first kappa shape index (κ1) is 52.9. The molecule has 0 saturated carbocycles. The van der Waals surface area contributed by atoms with Gasteiger partial charge in [0.25, 0.3) is 0 Å². The molecule has 320 valence electrons. The molecule has 0 fully saturated rings. The zero-order valence-corrected chi connectivity index (χ0v) is 35.3. The molecule has 0 aromatic carbocycles. The molecule has 0 amide bonds. The molecular formula is C43H78NO10P. The lowest BCUT2D eigenvalue weighted by molar-refractivity contribution is -0.161. The van der Waals surface area contributed by atoms with E-state index in [2.05, 4.69) is 56.4 Å². The smallest absolute Gasteiger partial charge is 0.462 e. The number of hydrogen-bond donors (Lipinski definition) is 4. The summed E-state index contributed by atoms with van der Waals surface area (Å²) in [4.78, 5) is 34.9. The van der Waals surface area contributed by atoms with E-state index < -0.39 is 44.7 Å². The molecule has 0 rings (SSSR count). The van der Waals surface area contributed by atoms with Crippen molar-refractivity contribution in [3.05, 3.63) is 48.6 Å². The Balaban J connectivity index is 4.34. The van der Waals surface area contributed by atoms with Crippen molar-refractivity contribution in [2.45, 2.75) is 186 Å². The fourth-order valence-electron chi connectivity index (χ4n) is 5.55. The van der Waals surface area contributed by atoms with E-state index in [1.165, 1.54) is 38.5 Å². The first-order valence-electron chi connectivity index (χ1n) is 21.3. The van der Waals surface area contributed by atoms with Crippen LogP contribution in [0.5, 0.6) is 0 Å². The molecule has 11 nitrogen and oxygen atoms in total. The SMILES string of the molecule is CCCCC/C=C\C/C=C\C/C=C\CCCCCCC(=O)OC[C@H](COP(=O)(O)OCCN)OC(=O)CCCCCCC[C@H](O)[C@@H](O)C/C=C\CCCCC. The summed E-state index contributed by atoms with van der Waals surface area (Å²) in [7, 11) is -4.42. The molecule has 12 heteroatoms. The van der Waals surface area contributed by atoms with Crippen LogP contribution in [0.1, 0.15) is 168 Å². The molecule has 1 unspecified atom stereocenters. The number of unbranched alkanes of at least 4 members (excludes halogenated alkanes) is 14. The quantitative estimate of drug-likeness (QED) is 0.0202. The summed E-state index contributed by atoms with van der Waals surface area (Å²) >= 11 is 0. The predicted octanol–water partition coefficient (Wildman–Crippen LogP) is 9.88. The van der Waals surface area contributed by atoms with Crippen LogP contribution in [0, 0.1) is 0 Å². The number of ether oxygens (including phenoxy) is 2. The minimum absolute atomic E-state index is 0.0230. The Labute approximate surface area is 333 Å². The third kappa shape index (κ3) is 37.2. The molecule has 0 radical (unpaired) electrons. The van der Waals surface area contributed by atoms with Gasteiger partial charge in [-0.05, 0) is 77.0 Å². The zero-order valence-electron chi connectivity index (χ0n) is 34.4. The van der Waals surface area contributed by atoms with Crippen LogP contribution in [-0.2, 0) is 32.7 Å². The maximum atomic E-state index is 12.6. The molecule has 55 heavy (non-hydrogen) atoms. The van der Waals surface area contributed by atoms with Crippen LogP contribution in [0.15, 0.2) is 48.6 Å². The maximum absolute atomic E-state index is 12.6. The van der Waals surface area contributed by atoms with E-state index in [9.17, 15) is 29.3 Å². The lowest BCUT2D eigenvalue weighted by atomic mass is 10.0. The third-order valence-corrected chi connectivity index (χ3v) is 9.87. The van der Waals surface area contributed by atoms with Gasteiger partial charge in [0.1, 0.15) is 6.61 Å². The number of esters is 2. The highest BCUT2D eigenvalue weighted by Gasteiger charge is 2.26. The van der Waals surface area contributed by atoms with E-state index in [4.69, 9.17) is 24.3 Å². The van der Waals surface area contributed by atoms with Gasteiger partial charge in [0, 0.05) is 19.4 Å². The monoisotopic (exact) mass is 800 g/mol. The predicted molar refractivity (Wildman–Crippen MR) is 222 cm³/mol. The Kier molecular flexibility index (Phi) is 37.3. The minimum Gasteiger partial charge on any atom is -0.462 e. The number of aliphatic hydroxyl groups is 2. The fraction of sp³-hybridized carbons (Fsp3) is 0.767. The first-order chi connectivity index (χ1) is 26.6. The van der Waals surface area contributed by atoms with Crippen LogP contribution < -0.4 is 5.73 Å². The third-order valence-electron chi connectivity index (χ3n) is 8.89. The highest BCUT2D eigenvalue weighted by atomic mass is 31.2. The molecule has 0 aliphatic rings.